The van der Waals surface area contributed by atoms with Crippen molar-refractivity contribution < 1.29 is 19.0 Å². The molecule has 0 aliphatic heterocycles. The molecule has 4 nitrogen and oxygen atoms in total. The minimum absolute atomic E-state index is 0.374. The molecule has 1 aromatic rings. The molecule has 0 bridgehead atoms. The highest BCUT2D eigenvalue weighted by Gasteiger charge is 2.19. The monoisotopic (exact) mass is 224 g/mol. The second-order valence-electron chi connectivity index (χ2n) is 3.18. The van der Waals surface area contributed by atoms with Crippen LogP contribution in [0.1, 0.15) is 22.8 Å². The molecule has 0 aromatic heterocycles. The molecule has 0 saturated carbocycles. The third-order valence-corrected chi connectivity index (χ3v) is 2.39. The fourth-order valence-corrected chi connectivity index (χ4v) is 1.58. The number of benzene rings is 1. The molecule has 1 aromatic carbocycles. The number of methoxy groups -OCH3 is 3. The van der Waals surface area contributed by atoms with Crippen LogP contribution in [-0.2, 0) is 11.2 Å². The van der Waals surface area contributed by atoms with E-state index in [1.54, 1.807) is 13.2 Å². The van der Waals surface area contributed by atoms with Gasteiger partial charge in [-0.25, -0.2) is 4.79 Å². The number of carbonyl (C=O) groups is 1. The molecule has 0 fully saturated rings. The van der Waals surface area contributed by atoms with Gasteiger partial charge in [-0.1, -0.05) is 13.0 Å². The van der Waals surface area contributed by atoms with Crippen LogP contribution in [0.25, 0.3) is 0 Å². The Kier molecular flexibility index (Phi) is 4.17. The average Bonchev–Trinajstić information content (AvgIpc) is 2.35. The van der Waals surface area contributed by atoms with Gasteiger partial charge in [0.1, 0.15) is 5.56 Å². The molecule has 0 N–H and O–H groups in total. The molecule has 16 heavy (non-hydrogen) atoms. The quantitative estimate of drug-likeness (QED) is 0.734. The van der Waals surface area contributed by atoms with E-state index < -0.39 is 5.97 Å². The zero-order valence-corrected chi connectivity index (χ0v) is 9.99. The predicted molar refractivity (Wildman–Crippen MR) is 60.3 cm³/mol. The SMILES string of the molecule is CCc1ccc(C(=O)OC)c(OC)c1OC. The van der Waals surface area contributed by atoms with Gasteiger partial charge in [0, 0.05) is 0 Å². The first-order valence-electron chi connectivity index (χ1n) is 5.01. The van der Waals surface area contributed by atoms with E-state index >= 15 is 0 Å². The highest BCUT2D eigenvalue weighted by molar-refractivity contribution is 5.93. The fraction of sp³-hybridized carbons (Fsp3) is 0.417. The summed E-state index contributed by atoms with van der Waals surface area (Å²) >= 11 is 0. The van der Waals surface area contributed by atoms with Crippen molar-refractivity contribution in [2.24, 2.45) is 0 Å². The molecule has 4 heteroatoms. The second-order valence-corrected chi connectivity index (χ2v) is 3.18. The lowest BCUT2D eigenvalue weighted by Crippen LogP contribution is -2.06. The molecule has 0 unspecified atom stereocenters. The maximum atomic E-state index is 11.5. The lowest BCUT2D eigenvalue weighted by atomic mass is 10.1. The first kappa shape index (κ1) is 12.4. The van der Waals surface area contributed by atoms with Gasteiger partial charge in [-0.3, -0.25) is 0 Å². The van der Waals surface area contributed by atoms with E-state index in [2.05, 4.69) is 4.74 Å². The number of hydrogen-bond donors (Lipinski definition) is 0. The van der Waals surface area contributed by atoms with Crippen LogP contribution in [0.2, 0.25) is 0 Å². The molecule has 0 aliphatic rings. The van der Waals surface area contributed by atoms with E-state index in [0.29, 0.717) is 17.1 Å². The van der Waals surface area contributed by atoms with Crippen LogP contribution >= 0.6 is 0 Å². The molecule has 0 radical (unpaired) electrons. The molecule has 88 valence electrons. The van der Waals surface area contributed by atoms with Crippen LogP contribution < -0.4 is 9.47 Å². The summed E-state index contributed by atoms with van der Waals surface area (Å²) in [4.78, 5) is 11.5. The van der Waals surface area contributed by atoms with E-state index in [-0.39, 0.29) is 0 Å². The number of aryl methyl sites for hydroxylation is 1. The van der Waals surface area contributed by atoms with Gasteiger partial charge in [0.15, 0.2) is 11.5 Å². The van der Waals surface area contributed by atoms with Gasteiger partial charge in [0.05, 0.1) is 21.3 Å². The number of carbonyl (C=O) groups excluding carboxylic acids is 1. The van der Waals surface area contributed by atoms with Crippen LogP contribution in [0.15, 0.2) is 12.1 Å². The molecule has 0 spiro atoms. The molecule has 0 atom stereocenters. The van der Waals surface area contributed by atoms with Crippen molar-refractivity contribution in [1.82, 2.24) is 0 Å². The highest BCUT2D eigenvalue weighted by atomic mass is 16.5. The van der Waals surface area contributed by atoms with E-state index in [1.165, 1.54) is 14.2 Å². The Morgan fingerprint density at radius 3 is 2.19 bits per heavy atom. The highest BCUT2D eigenvalue weighted by Crippen LogP contribution is 2.35. The maximum absolute atomic E-state index is 11.5. The number of rotatable bonds is 4. The summed E-state index contributed by atoms with van der Waals surface area (Å²) < 4.78 is 15.1. The van der Waals surface area contributed by atoms with Crippen LogP contribution in [-0.4, -0.2) is 27.3 Å². The Hall–Kier alpha value is -1.71. The number of esters is 1. The second kappa shape index (κ2) is 5.39. The van der Waals surface area contributed by atoms with Gasteiger partial charge < -0.3 is 14.2 Å². The Labute approximate surface area is 95.1 Å². The maximum Gasteiger partial charge on any atom is 0.341 e. The van der Waals surface area contributed by atoms with E-state index in [0.717, 1.165) is 12.0 Å². The van der Waals surface area contributed by atoms with Crippen molar-refractivity contribution in [2.45, 2.75) is 13.3 Å². The topological polar surface area (TPSA) is 44.8 Å². The zero-order valence-electron chi connectivity index (χ0n) is 9.99. The van der Waals surface area contributed by atoms with Gasteiger partial charge in [0.25, 0.3) is 0 Å². The first-order chi connectivity index (χ1) is 7.69. The average molecular weight is 224 g/mol. The van der Waals surface area contributed by atoms with Crippen molar-refractivity contribution >= 4 is 5.97 Å². The summed E-state index contributed by atoms with van der Waals surface area (Å²) in [5.74, 6) is 0.583. The lowest BCUT2D eigenvalue weighted by molar-refractivity contribution is 0.0596. The van der Waals surface area contributed by atoms with Crippen molar-refractivity contribution in [3.05, 3.63) is 23.3 Å². The largest absolute Gasteiger partial charge is 0.493 e. The minimum Gasteiger partial charge on any atom is -0.493 e. The molecule has 0 saturated heterocycles. The zero-order chi connectivity index (χ0) is 12.1. The summed E-state index contributed by atoms with van der Waals surface area (Å²) in [5.41, 5.74) is 1.37. The Morgan fingerprint density at radius 1 is 1.12 bits per heavy atom. The Balaban J connectivity index is 3.37. The van der Waals surface area contributed by atoms with E-state index in [1.807, 2.05) is 13.0 Å². The van der Waals surface area contributed by atoms with Crippen LogP contribution in [0, 0.1) is 0 Å². The molecule has 0 aliphatic carbocycles. The van der Waals surface area contributed by atoms with Gasteiger partial charge >= 0.3 is 5.97 Å². The number of hydrogen-bond acceptors (Lipinski definition) is 4. The molecular formula is C12H16O4. The minimum atomic E-state index is -0.433. The lowest BCUT2D eigenvalue weighted by Gasteiger charge is -2.14. The summed E-state index contributed by atoms with van der Waals surface area (Å²) in [6, 6.07) is 3.53. The smallest absolute Gasteiger partial charge is 0.341 e. The van der Waals surface area contributed by atoms with Gasteiger partial charge in [-0.05, 0) is 18.1 Å². The van der Waals surface area contributed by atoms with Crippen molar-refractivity contribution in [3.8, 4) is 11.5 Å². The van der Waals surface area contributed by atoms with E-state index in [4.69, 9.17) is 9.47 Å². The first-order valence-corrected chi connectivity index (χ1v) is 5.01. The third-order valence-electron chi connectivity index (χ3n) is 2.39. The van der Waals surface area contributed by atoms with Crippen molar-refractivity contribution in [1.29, 1.82) is 0 Å². The fourth-order valence-electron chi connectivity index (χ4n) is 1.58. The Morgan fingerprint density at radius 2 is 1.75 bits per heavy atom. The molecule has 1 rings (SSSR count). The summed E-state index contributed by atoms with van der Waals surface area (Å²) in [7, 11) is 4.39. The van der Waals surface area contributed by atoms with E-state index in [9.17, 15) is 4.79 Å². The summed E-state index contributed by atoms with van der Waals surface area (Å²) in [6.45, 7) is 2.01. The van der Waals surface area contributed by atoms with Crippen LogP contribution in [0.5, 0.6) is 11.5 Å². The summed E-state index contributed by atoms with van der Waals surface area (Å²) in [5, 5.41) is 0. The predicted octanol–water partition coefficient (Wildman–Crippen LogP) is 2.05. The third kappa shape index (κ3) is 2.10. The molecular weight excluding hydrogens is 208 g/mol. The standard InChI is InChI=1S/C12H16O4/c1-5-8-6-7-9(12(13)16-4)11(15-3)10(8)14-2/h6-7H,5H2,1-4H3. The van der Waals surface area contributed by atoms with Crippen molar-refractivity contribution in [3.63, 3.8) is 0 Å². The number of ether oxygens (including phenoxy) is 3. The normalized spacial score (nSPS) is 9.75. The van der Waals surface area contributed by atoms with Crippen LogP contribution in [0.4, 0.5) is 0 Å². The molecule has 0 heterocycles. The Bertz CT molecular complexity index is 385. The summed E-state index contributed by atoms with van der Waals surface area (Å²) in [6.07, 6.45) is 0.807. The van der Waals surface area contributed by atoms with Crippen LogP contribution in [0.3, 0.4) is 0 Å². The van der Waals surface area contributed by atoms with Gasteiger partial charge in [-0.2, -0.15) is 0 Å². The van der Waals surface area contributed by atoms with Gasteiger partial charge in [-0.15, -0.1) is 0 Å². The molecule has 0 amide bonds. The van der Waals surface area contributed by atoms with Gasteiger partial charge in [0.2, 0.25) is 0 Å². The van der Waals surface area contributed by atoms with Crippen molar-refractivity contribution in [2.75, 3.05) is 21.3 Å².